The second-order valence-corrected chi connectivity index (χ2v) is 7.14. The molecule has 0 unspecified atom stereocenters. The number of anilines is 1. The van der Waals surface area contributed by atoms with Crippen molar-refractivity contribution in [2.45, 2.75) is 38.6 Å². The van der Waals surface area contributed by atoms with Crippen molar-refractivity contribution in [1.82, 2.24) is 19.8 Å². The third kappa shape index (κ3) is 4.42. The maximum absolute atomic E-state index is 13.0. The van der Waals surface area contributed by atoms with Gasteiger partial charge in [-0.05, 0) is 44.8 Å². The number of aliphatic hydroxyl groups is 1. The number of carbonyl (C=O) groups is 1. The Labute approximate surface area is 143 Å². The summed E-state index contributed by atoms with van der Waals surface area (Å²) in [4.78, 5) is 25.3. The normalized spacial score (nSPS) is 22.0. The van der Waals surface area contributed by atoms with Crippen LogP contribution in [0.3, 0.4) is 0 Å². The highest BCUT2D eigenvalue weighted by Crippen LogP contribution is 2.21. The van der Waals surface area contributed by atoms with Gasteiger partial charge in [0.2, 0.25) is 5.95 Å². The standard InChI is InChI=1S/C17H29N5O2/c1-11(2)14-7-15(20-17(18)19-14)16(24)22-8-12(10-23)5-6-13(9-22)21(3)4/h7,11-13,23H,5-6,8-10H2,1-4H3,(H2,18,19,20)/t12-,13+/m0/s1. The van der Waals surface area contributed by atoms with Crippen molar-refractivity contribution in [2.24, 2.45) is 5.92 Å². The van der Waals surface area contributed by atoms with E-state index in [-0.39, 0.29) is 36.3 Å². The topological polar surface area (TPSA) is 95.6 Å². The van der Waals surface area contributed by atoms with Crippen LogP contribution in [0.25, 0.3) is 0 Å². The second-order valence-electron chi connectivity index (χ2n) is 7.14. The molecule has 1 fully saturated rings. The van der Waals surface area contributed by atoms with Crippen molar-refractivity contribution >= 4 is 11.9 Å². The van der Waals surface area contributed by atoms with Gasteiger partial charge in [0.15, 0.2) is 0 Å². The SMILES string of the molecule is CC(C)c1cc(C(=O)N2C[C@@H](CO)CC[C@@H](N(C)C)C2)nc(N)n1. The van der Waals surface area contributed by atoms with Crippen LogP contribution in [0.5, 0.6) is 0 Å². The largest absolute Gasteiger partial charge is 0.396 e. The smallest absolute Gasteiger partial charge is 0.272 e. The van der Waals surface area contributed by atoms with Gasteiger partial charge in [-0.3, -0.25) is 4.79 Å². The molecule has 2 heterocycles. The predicted octanol–water partition coefficient (Wildman–Crippen LogP) is 0.957. The van der Waals surface area contributed by atoms with E-state index in [1.807, 2.05) is 27.9 Å². The van der Waals surface area contributed by atoms with Crippen LogP contribution < -0.4 is 5.73 Å². The summed E-state index contributed by atoms with van der Waals surface area (Å²) in [5.41, 5.74) is 6.89. The number of likely N-dealkylation sites (tertiary alicyclic amines) is 1. The first-order valence-electron chi connectivity index (χ1n) is 8.52. The van der Waals surface area contributed by atoms with Crippen molar-refractivity contribution in [3.63, 3.8) is 0 Å². The number of aromatic nitrogens is 2. The summed E-state index contributed by atoms with van der Waals surface area (Å²) in [5.74, 6) is 0.258. The molecule has 7 heteroatoms. The molecule has 2 rings (SSSR count). The minimum absolute atomic E-state index is 0.0904. The lowest BCUT2D eigenvalue weighted by Crippen LogP contribution is -2.43. The molecule has 1 saturated heterocycles. The maximum Gasteiger partial charge on any atom is 0.272 e. The van der Waals surface area contributed by atoms with Gasteiger partial charge in [-0.1, -0.05) is 13.8 Å². The van der Waals surface area contributed by atoms with E-state index in [0.29, 0.717) is 18.8 Å². The van der Waals surface area contributed by atoms with Crippen LogP contribution in [0, 0.1) is 5.92 Å². The van der Waals surface area contributed by atoms with Gasteiger partial charge in [0.25, 0.3) is 5.91 Å². The maximum atomic E-state index is 13.0. The van der Waals surface area contributed by atoms with Gasteiger partial charge in [-0.25, -0.2) is 9.97 Å². The summed E-state index contributed by atoms with van der Waals surface area (Å²) < 4.78 is 0. The molecular formula is C17H29N5O2. The Bertz CT molecular complexity index is 576. The molecule has 1 aliphatic heterocycles. The summed E-state index contributed by atoms with van der Waals surface area (Å²) in [7, 11) is 4.04. The van der Waals surface area contributed by atoms with E-state index < -0.39 is 0 Å². The van der Waals surface area contributed by atoms with Gasteiger partial charge in [0, 0.05) is 31.4 Å². The molecule has 1 amide bonds. The second kappa shape index (κ2) is 7.90. The molecule has 0 saturated carbocycles. The molecule has 1 aliphatic rings. The van der Waals surface area contributed by atoms with Crippen molar-refractivity contribution < 1.29 is 9.90 Å². The van der Waals surface area contributed by atoms with E-state index >= 15 is 0 Å². The van der Waals surface area contributed by atoms with E-state index in [1.165, 1.54) is 0 Å². The van der Waals surface area contributed by atoms with Gasteiger partial charge in [-0.15, -0.1) is 0 Å². The molecule has 7 nitrogen and oxygen atoms in total. The molecule has 3 N–H and O–H groups in total. The highest BCUT2D eigenvalue weighted by molar-refractivity contribution is 5.92. The number of hydrogen-bond acceptors (Lipinski definition) is 6. The van der Waals surface area contributed by atoms with Gasteiger partial charge in [-0.2, -0.15) is 0 Å². The van der Waals surface area contributed by atoms with E-state index in [2.05, 4.69) is 14.9 Å². The zero-order valence-electron chi connectivity index (χ0n) is 15.1. The number of hydrogen-bond donors (Lipinski definition) is 2. The van der Waals surface area contributed by atoms with Crippen LogP contribution in [-0.2, 0) is 0 Å². The molecule has 0 aromatic carbocycles. The molecule has 134 valence electrons. The lowest BCUT2D eigenvalue weighted by Gasteiger charge is -2.29. The number of nitrogens with zero attached hydrogens (tertiary/aromatic N) is 4. The molecule has 24 heavy (non-hydrogen) atoms. The van der Waals surface area contributed by atoms with Crippen molar-refractivity contribution in [3.8, 4) is 0 Å². The minimum atomic E-state index is -0.141. The summed E-state index contributed by atoms with van der Waals surface area (Å²) in [5, 5.41) is 9.57. The van der Waals surface area contributed by atoms with E-state index in [9.17, 15) is 9.90 Å². The van der Waals surface area contributed by atoms with Crippen LogP contribution in [0.1, 0.15) is 48.8 Å². The summed E-state index contributed by atoms with van der Waals surface area (Å²) in [6.07, 6.45) is 1.87. The zero-order valence-corrected chi connectivity index (χ0v) is 15.1. The fourth-order valence-corrected chi connectivity index (χ4v) is 3.04. The lowest BCUT2D eigenvalue weighted by atomic mass is 10.0. The number of carbonyl (C=O) groups excluding carboxylic acids is 1. The van der Waals surface area contributed by atoms with Gasteiger partial charge >= 0.3 is 0 Å². The third-order valence-electron chi connectivity index (χ3n) is 4.67. The van der Waals surface area contributed by atoms with Crippen LogP contribution in [0.15, 0.2) is 6.07 Å². The first-order valence-corrected chi connectivity index (χ1v) is 8.52. The minimum Gasteiger partial charge on any atom is -0.396 e. The zero-order chi connectivity index (χ0) is 17.9. The molecule has 1 aromatic heterocycles. The summed E-state index contributed by atoms with van der Waals surface area (Å²) in [6.45, 7) is 5.27. The molecule has 2 atom stereocenters. The van der Waals surface area contributed by atoms with E-state index in [0.717, 1.165) is 18.5 Å². The Balaban J connectivity index is 2.28. The molecular weight excluding hydrogens is 306 g/mol. The Morgan fingerprint density at radius 1 is 1.38 bits per heavy atom. The van der Waals surface area contributed by atoms with Gasteiger partial charge in [0.05, 0.1) is 0 Å². The Morgan fingerprint density at radius 2 is 2.08 bits per heavy atom. The van der Waals surface area contributed by atoms with Gasteiger partial charge < -0.3 is 20.6 Å². The fraction of sp³-hybridized carbons (Fsp3) is 0.706. The first kappa shape index (κ1) is 18.6. The molecule has 0 spiro atoms. The monoisotopic (exact) mass is 335 g/mol. The highest BCUT2D eigenvalue weighted by Gasteiger charge is 2.29. The van der Waals surface area contributed by atoms with E-state index in [1.54, 1.807) is 11.0 Å². The van der Waals surface area contributed by atoms with Gasteiger partial charge in [0.1, 0.15) is 5.69 Å². The summed E-state index contributed by atoms with van der Waals surface area (Å²) in [6, 6.07) is 2.00. The average molecular weight is 335 g/mol. The number of nitrogen functional groups attached to an aromatic ring is 1. The molecule has 0 bridgehead atoms. The number of likely N-dealkylation sites (N-methyl/N-ethyl adjacent to an activating group) is 1. The van der Waals surface area contributed by atoms with Crippen molar-refractivity contribution in [3.05, 3.63) is 17.5 Å². The van der Waals surface area contributed by atoms with Crippen LogP contribution in [0.2, 0.25) is 0 Å². The average Bonchev–Trinajstić information content (AvgIpc) is 2.76. The third-order valence-corrected chi connectivity index (χ3v) is 4.67. The Kier molecular flexibility index (Phi) is 6.12. The summed E-state index contributed by atoms with van der Waals surface area (Å²) >= 11 is 0. The van der Waals surface area contributed by atoms with Crippen molar-refractivity contribution in [2.75, 3.05) is 39.5 Å². The quantitative estimate of drug-likeness (QED) is 0.851. The molecule has 1 aromatic rings. The lowest BCUT2D eigenvalue weighted by molar-refractivity contribution is 0.0683. The molecule has 0 radical (unpaired) electrons. The van der Waals surface area contributed by atoms with Crippen LogP contribution in [-0.4, -0.2) is 70.6 Å². The van der Waals surface area contributed by atoms with E-state index in [4.69, 9.17) is 5.73 Å². The fourth-order valence-electron chi connectivity index (χ4n) is 3.04. The highest BCUT2D eigenvalue weighted by atomic mass is 16.3. The Hall–Kier alpha value is -1.73. The predicted molar refractivity (Wildman–Crippen MR) is 93.7 cm³/mol. The first-order chi connectivity index (χ1) is 11.3. The number of amides is 1. The number of rotatable bonds is 4. The van der Waals surface area contributed by atoms with Crippen molar-refractivity contribution in [1.29, 1.82) is 0 Å². The number of nitrogens with two attached hydrogens (primary N) is 1. The molecule has 0 aliphatic carbocycles. The van der Waals surface area contributed by atoms with Crippen LogP contribution in [0.4, 0.5) is 5.95 Å². The number of aliphatic hydroxyl groups excluding tert-OH is 1. The van der Waals surface area contributed by atoms with Crippen LogP contribution >= 0.6 is 0 Å². The Morgan fingerprint density at radius 3 is 2.67 bits per heavy atom.